The molecule has 1 amide bonds. The zero-order chi connectivity index (χ0) is 5.15. The van der Waals surface area contributed by atoms with Gasteiger partial charge in [0, 0.05) is 14.1 Å². The van der Waals surface area contributed by atoms with Crippen molar-refractivity contribution in [1.29, 1.82) is 0 Å². The van der Waals surface area contributed by atoms with E-state index in [0.29, 0.717) is 0 Å². The van der Waals surface area contributed by atoms with E-state index in [1.165, 1.54) is 14.1 Å². The summed E-state index contributed by atoms with van der Waals surface area (Å²) in [5.74, 6) is 0. The maximum absolute atomic E-state index is 9.62. The zero-order valence-corrected chi connectivity index (χ0v) is 6.80. The van der Waals surface area contributed by atoms with Crippen LogP contribution in [0.1, 0.15) is 1.43 Å². The molecule has 0 bridgehead atoms. The third-order valence-corrected chi connectivity index (χ3v) is 0.383. The van der Waals surface area contributed by atoms with Crippen LogP contribution in [-0.4, -0.2) is 30.2 Å². The van der Waals surface area contributed by atoms with Gasteiger partial charge in [0.25, 0.3) is 0 Å². The summed E-state index contributed by atoms with van der Waals surface area (Å²) < 4.78 is 0. The average Bonchev–Trinajstić information content (AvgIpc) is 1.36. The van der Waals surface area contributed by atoms with Gasteiger partial charge in [-0.15, -0.1) is 0 Å². The summed E-state index contributed by atoms with van der Waals surface area (Å²) in [6.45, 7) is 0. The quantitative estimate of drug-likeness (QED) is 0.348. The summed E-state index contributed by atoms with van der Waals surface area (Å²) in [7, 11) is 2.95. The smallest absolute Gasteiger partial charge is 1.00 e. The normalized spacial score (nSPS) is 6.57. The van der Waals surface area contributed by atoms with E-state index in [4.69, 9.17) is 5.11 Å². The first-order valence-electron chi connectivity index (χ1n) is 1.55. The Morgan fingerprint density at radius 2 is 1.86 bits per heavy atom. The van der Waals surface area contributed by atoms with Gasteiger partial charge in [0.15, 0.2) is 0 Å². The van der Waals surface area contributed by atoms with Gasteiger partial charge < -0.3 is 11.4 Å². The van der Waals surface area contributed by atoms with Crippen LogP contribution in [0.15, 0.2) is 0 Å². The van der Waals surface area contributed by atoms with Gasteiger partial charge in [-0.3, -0.25) is 0 Å². The van der Waals surface area contributed by atoms with Crippen molar-refractivity contribution in [2.45, 2.75) is 0 Å². The van der Waals surface area contributed by atoms with Gasteiger partial charge in [-0.2, -0.15) is 0 Å². The Labute approximate surface area is 66.1 Å². The molecule has 0 rings (SSSR count). The van der Waals surface area contributed by atoms with E-state index < -0.39 is 6.09 Å². The van der Waals surface area contributed by atoms with Crippen molar-refractivity contribution in [2.75, 3.05) is 14.1 Å². The van der Waals surface area contributed by atoms with Crippen molar-refractivity contribution in [1.82, 2.24) is 4.90 Å². The molecule has 38 valence electrons. The van der Waals surface area contributed by atoms with E-state index in [9.17, 15) is 4.79 Å². The largest absolute Gasteiger partial charge is 1.00 e. The number of amides is 1. The molecule has 1 N–H and O–H groups in total. The van der Waals surface area contributed by atoms with Crippen LogP contribution in [0.4, 0.5) is 4.79 Å². The standard InChI is InChI=1S/C3H7NO2.Na.H/c1-4(2)3(5)6;;/h1-2H3,(H,5,6);;/q;+1;-1. The van der Waals surface area contributed by atoms with E-state index in [2.05, 4.69) is 0 Å². The molecule has 3 nitrogen and oxygen atoms in total. The molecule has 0 radical (unpaired) electrons. The third kappa shape index (κ3) is 6.27. The first-order chi connectivity index (χ1) is 2.64. The predicted octanol–water partition coefficient (Wildman–Crippen LogP) is -2.66. The van der Waals surface area contributed by atoms with Crippen molar-refractivity contribution in [3.63, 3.8) is 0 Å². The Balaban J connectivity index is -0.000000125. The van der Waals surface area contributed by atoms with Gasteiger partial charge >= 0.3 is 35.7 Å². The minimum absolute atomic E-state index is 0. The summed E-state index contributed by atoms with van der Waals surface area (Å²) >= 11 is 0. The summed E-state index contributed by atoms with van der Waals surface area (Å²) in [5.41, 5.74) is 0. The van der Waals surface area contributed by atoms with Crippen LogP contribution >= 0.6 is 0 Å². The van der Waals surface area contributed by atoms with Crippen LogP contribution in [0.2, 0.25) is 0 Å². The number of carbonyl (C=O) groups is 1. The molecule has 0 aliphatic heterocycles. The second-order valence-electron chi connectivity index (χ2n) is 1.18. The van der Waals surface area contributed by atoms with Crippen molar-refractivity contribution >= 4 is 6.09 Å². The number of nitrogens with zero attached hydrogens (tertiary/aromatic N) is 1. The van der Waals surface area contributed by atoms with Crippen LogP contribution in [0.3, 0.4) is 0 Å². The van der Waals surface area contributed by atoms with E-state index in [1.807, 2.05) is 0 Å². The molecule has 0 heterocycles. The summed E-state index contributed by atoms with van der Waals surface area (Å²) in [6, 6.07) is 0. The molecule has 0 saturated carbocycles. The average molecular weight is 113 g/mol. The topological polar surface area (TPSA) is 40.5 Å². The minimum Gasteiger partial charge on any atom is -1.00 e. The Morgan fingerprint density at radius 1 is 1.71 bits per heavy atom. The summed E-state index contributed by atoms with van der Waals surface area (Å²) in [6.07, 6.45) is -0.907. The van der Waals surface area contributed by atoms with Gasteiger partial charge in [-0.05, 0) is 0 Å². The van der Waals surface area contributed by atoms with Crippen LogP contribution in [-0.2, 0) is 0 Å². The van der Waals surface area contributed by atoms with Crippen LogP contribution in [0.5, 0.6) is 0 Å². The number of hydrogen-bond acceptors (Lipinski definition) is 1. The fourth-order valence-corrected chi connectivity index (χ4v) is 0. The first-order valence-corrected chi connectivity index (χ1v) is 1.55. The van der Waals surface area contributed by atoms with E-state index >= 15 is 0 Å². The molecule has 0 aromatic carbocycles. The molecule has 0 fully saturated rings. The number of rotatable bonds is 0. The Hall–Kier alpha value is 0.270. The third-order valence-electron chi connectivity index (χ3n) is 0.383. The molecule has 4 heteroatoms. The summed E-state index contributed by atoms with van der Waals surface area (Å²) in [4.78, 5) is 10.7. The van der Waals surface area contributed by atoms with Crippen molar-refractivity contribution in [2.24, 2.45) is 0 Å². The Bertz CT molecular complexity index is 68.3. The van der Waals surface area contributed by atoms with Crippen molar-refractivity contribution in [3.8, 4) is 0 Å². The van der Waals surface area contributed by atoms with Gasteiger partial charge in [0.1, 0.15) is 0 Å². The fraction of sp³-hybridized carbons (Fsp3) is 0.667. The molecule has 0 spiro atoms. The van der Waals surface area contributed by atoms with Gasteiger partial charge in [0.2, 0.25) is 0 Å². The molecule has 0 aliphatic carbocycles. The minimum atomic E-state index is -0.907. The van der Waals surface area contributed by atoms with Crippen molar-refractivity contribution in [3.05, 3.63) is 0 Å². The van der Waals surface area contributed by atoms with E-state index in [1.54, 1.807) is 0 Å². The van der Waals surface area contributed by atoms with Gasteiger partial charge in [0.05, 0.1) is 0 Å². The second kappa shape index (κ2) is 4.43. The monoisotopic (exact) mass is 113 g/mol. The zero-order valence-electron chi connectivity index (χ0n) is 5.80. The van der Waals surface area contributed by atoms with Crippen LogP contribution in [0.25, 0.3) is 0 Å². The predicted molar refractivity (Wildman–Crippen MR) is 22.8 cm³/mol. The molecule has 0 aromatic heterocycles. The maximum Gasteiger partial charge on any atom is 1.00 e. The fourth-order valence-electron chi connectivity index (χ4n) is 0. The first kappa shape index (κ1) is 10.3. The molecule has 0 unspecified atom stereocenters. The Kier molecular flexibility index (Phi) is 6.51. The van der Waals surface area contributed by atoms with Gasteiger partial charge in [-0.1, -0.05) is 0 Å². The molecular weight excluding hydrogens is 105 g/mol. The molecular formula is C3H8NNaO2. The molecule has 0 saturated heterocycles. The SMILES string of the molecule is CN(C)C(=O)O.[H-].[Na+]. The van der Waals surface area contributed by atoms with Crippen LogP contribution < -0.4 is 29.6 Å². The Morgan fingerprint density at radius 3 is 1.86 bits per heavy atom. The van der Waals surface area contributed by atoms with Crippen molar-refractivity contribution < 1.29 is 40.9 Å². The number of hydrogen-bond donors (Lipinski definition) is 1. The number of carboxylic acid groups (broad SMARTS) is 1. The molecule has 0 aromatic rings. The van der Waals surface area contributed by atoms with Crippen LogP contribution in [0, 0.1) is 0 Å². The molecule has 0 atom stereocenters. The van der Waals surface area contributed by atoms with E-state index in [-0.39, 0.29) is 31.0 Å². The van der Waals surface area contributed by atoms with E-state index in [0.717, 1.165) is 4.90 Å². The maximum atomic E-state index is 9.62. The molecule has 0 aliphatic rings. The summed E-state index contributed by atoms with van der Waals surface area (Å²) in [5, 5.41) is 7.92. The molecule has 7 heavy (non-hydrogen) atoms. The second-order valence-corrected chi connectivity index (χ2v) is 1.18. The van der Waals surface area contributed by atoms with Gasteiger partial charge in [-0.25, -0.2) is 4.79 Å².